The van der Waals surface area contributed by atoms with E-state index in [2.05, 4.69) is 26.2 Å². The largest absolute Gasteiger partial charge is 0.396 e. The van der Waals surface area contributed by atoms with Gasteiger partial charge in [0.15, 0.2) is 0 Å². The normalized spacial score (nSPS) is 23.3. The first-order chi connectivity index (χ1) is 6.45. The second kappa shape index (κ2) is 4.28. The van der Waals surface area contributed by atoms with Crippen molar-refractivity contribution in [2.75, 3.05) is 13.2 Å². The van der Waals surface area contributed by atoms with E-state index < -0.39 is 0 Å². The van der Waals surface area contributed by atoms with Gasteiger partial charge < -0.3 is 5.11 Å². The Morgan fingerprint density at radius 2 is 2.21 bits per heavy atom. The zero-order valence-electron chi connectivity index (χ0n) is 9.21. The highest BCUT2D eigenvalue weighted by Crippen LogP contribution is 2.26. The molecule has 0 aromatic rings. The molecule has 82 valence electrons. The number of carbonyl (C=O) groups is 1. The maximum absolute atomic E-state index is 11.5. The van der Waals surface area contributed by atoms with Crippen molar-refractivity contribution in [3.63, 3.8) is 0 Å². The van der Waals surface area contributed by atoms with Gasteiger partial charge in [0.05, 0.1) is 0 Å². The van der Waals surface area contributed by atoms with Crippen LogP contribution < -0.4 is 5.43 Å². The van der Waals surface area contributed by atoms with E-state index in [0.717, 1.165) is 0 Å². The highest BCUT2D eigenvalue weighted by atomic mass is 16.3. The molecule has 1 aliphatic rings. The van der Waals surface area contributed by atoms with E-state index in [-0.39, 0.29) is 24.0 Å². The number of hydrogen-bond donors (Lipinski definition) is 2. The summed E-state index contributed by atoms with van der Waals surface area (Å²) in [5.41, 5.74) is 3.29. The second-order valence-electron chi connectivity index (χ2n) is 4.87. The summed E-state index contributed by atoms with van der Waals surface area (Å²) in [4.78, 5) is 11.5. The Kier molecular flexibility index (Phi) is 3.50. The average Bonchev–Trinajstić information content (AvgIpc) is 2.43. The minimum Gasteiger partial charge on any atom is -0.396 e. The SMILES string of the molecule is CC(C)(C)C1CC(=O)N(CCCO)N1. The molecule has 0 aliphatic carbocycles. The van der Waals surface area contributed by atoms with E-state index in [1.807, 2.05) is 0 Å². The number of hydrogen-bond acceptors (Lipinski definition) is 3. The Hall–Kier alpha value is -0.610. The summed E-state index contributed by atoms with van der Waals surface area (Å²) in [6, 6.07) is 0.216. The summed E-state index contributed by atoms with van der Waals surface area (Å²) in [5, 5.41) is 10.3. The number of nitrogens with zero attached hydrogens (tertiary/aromatic N) is 1. The third-order valence-electron chi connectivity index (χ3n) is 2.58. The molecule has 0 bridgehead atoms. The number of aliphatic hydroxyl groups excluding tert-OH is 1. The van der Waals surface area contributed by atoms with E-state index in [4.69, 9.17) is 5.11 Å². The highest BCUT2D eigenvalue weighted by molar-refractivity contribution is 5.78. The fourth-order valence-corrected chi connectivity index (χ4v) is 1.51. The molecule has 1 atom stereocenters. The molecule has 1 unspecified atom stereocenters. The molecular weight excluding hydrogens is 180 g/mol. The van der Waals surface area contributed by atoms with Crippen LogP contribution >= 0.6 is 0 Å². The summed E-state index contributed by atoms with van der Waals surface area (Å²) < 4.78 is 0. The predicted octanol–water partition coefficient (Wildman–Crippen LogP) is 0.520. The van der Waals surface area contributed by atoms with Gasteiger partial charge in [0.1, 0.15) is 0 Å². The Bertz CT molecular complexity index is 211. The molecule has 1 amide bonds. The van der Waals surface area contributed by atoms with Gasteiger partial charge in [-0.15, -0.1) is 0 Å². The van der Waals surface area contributed by atoms with Crippen LogP contribution in [0.25, 0.3) is 0 Å². The van der Waals surface area contributed by atoms with Crippen LogP contribution in [0.3, 0.4) is 0 Å². The highest BCUT2D eigenvalue weighted by Gasteiger charge is 2.35. The standard InChI is InChI=1S/C10H20N2O2/c1-10(2,3)8-7-9(14)12(11-8)5-4-6-13/h8,11,13H,4-7H2,1-3H3. The van der Waals surface area contributed by atoms with E-state index in [1.54, 1.807) is 5.01 Å². The minimum absolute atomic E-state index is 0.101. The van der Waals surface area contributed by atoms with Gasteiger partial charge in [-0.25, -0.2) is 5.43 Å². The summed E-state index contributed by atoms with van der Waals surface area (Å²) in [7, 11) is 0. The molecule has 1 rings (SSSR count). The number of aliphatic hydroxyl groups is 1. The Labute approximate surface area is 85.3 Å². The molecule has 1 saturated heterocycles. The van der Waals surface area contributed by atoms with Gasteiger partial charge in [0.25, 0.3) is 0 Å². The molecule has 1 aliphatic heterocycles. The van der Waals surface area contributed by atoms with Gasteiger partial charge in [-0.3, -0.25) is 9.80 Å². The lowest BCUT2D eigenvalue weighted by atomic mass is 9.86. The number of rotatable bonds is 3. The fraction of sp³-hybridized carbons (Fsp3) is 0.900. The van der Waals surface area contributed by atoms with Gasteiger partial charge in [-0.1, -0.05) is 20.8 Å². The monoisotopic (exact) mass is 200 g/mol. The second-order valence-corrected chi connectivity index (χ2v) is 4.87. The zero-order chi connectivity index (χ0) is 10.8. The lowest BCUT2D eigenvalue weighted by Gasteiger charge is -2.27. The van der Waals surface area contributed by atoms with Crippen molar-refractivity contribution in [2.45, 2.75) is 39.7 Å². The van der Waals surface area contributed by atoms with Crippen molar-refractivity contribution in [1.29, 1.82) is 0 Å². The predicted molar refractivity (Wildman–Crippen MR) is 54.4 cm³/mol. The first-order valence-corrected chi connectivity index (χ1v) is 5.12. The van der Waals surface area contributed by atoms with E-state index in [9.17, 15) is 4.79 Å². The van der Waals surface area contributed by atoms with Crippen LogP contribution in [0.2, 0.25) is 0 Å². The molecule has 1 fully saturated rings. The smallest absolute Gasteiger partial charge is 0.238 e. The molecule has 4 heteroatoms. The fourth-order valence-electron chi connectivity index (χ4n) is 1.51. The summed E-state index contributed by atoms with van der Waals surface area (Å²) in [5.74, 6) is 0.137. The topological polar surface area (TPSA) is 52.6 Å². The van der Waals surface area contributed by atoms with Crippen LogP contribution in [0.1, 0.15) is 33.6 Å². The molecule has 0 saturated carbocycles. The van der Waals surface area contributed by atoms with Crippen molar-refractivity contribution in [3.8, 4) is 0 Å². The van der Waals surface area contributed by atoms with Crippen LogP contribution in [0.5, 0.6) is 0 Å². The summed E-state index contributed by atoms with van der Waals surface area (Å²) in [6.45, 7) is 7.09. The Balaban J connectivity index is 2.47. The van der Waals surface area contributed by atoms with Gasteiger partial charge >= 0.3 is 0 Å². The van der Waals surface area contributed by atoms with Crippen molar-refractivity contribution in [1.82, 2.24) is 10.4 Å². The van der Waals surface area contributed by atoms with Gasteiger partial charge in [0, 0.05) is 25.6 Å². The summed E-state index contributed by atoms with van der Waals surface area (Å²) in [6.07, 6.45) is 1.20. The van der Waals surface area contributed by atoms with Crippen molar-refractivity contribution >= 4 is 5.91 Å². The van der Waals surface area contributed by atoms with Crippen molar-refractivity contribution < 1.29 is 9.90 Å². The van der Waals surface area contributed by atoms with E-state index in [0.29, 0.717) is 19.4 Å². The van der Waals surface area contributed by atoms with Crippen molar-refractivity contribution in [3.05, 3.63) is 0 Å². The first-order valence-electron chi connectivity index (χ1n) is 5.12. The van der Waals surface area contributed by atoms with Crippen LogP contribution in [-0.4, -0.2) is 35.2 Å². The molecule has 2 N–H and O–H groups in total. The third kappa shape index (κ3) is 2.69. The van der Waals surface area contributed by atoms with Gasteiger partial charge in [0.2, 0.25) is 5.91 Å². The number of nitrogens with one attached hydrogen (secondary N) is 1. The first kappa shape index (κ1) is 11.5. The van der Waals surface area contributed by atoms with Crippen LogP contribution in [0, 0.1) is 5.41 Å². The average molecular weight is 200 g/mol. The number of carbonyl (C=O) groups excluding carboxylic acids is 1. The zero-order valence-corrected chi connectivity index (χ0v) is 9.21. The van der Waals surface area contributed by atoms with Gasteiger partial charge in [-0.2, -0.15) is 0 Å². The molecule has 4 nitrogen and oxygen atoms in total. The molecule has 0 spiro atoms. The van der Waals surface area contributed by atoms with Crippen LogP contribution in [0.15, 0.2) is 0 Å². The molecule has 14 heavy (non-hydrogen) atoms. The van der Waals surface area contributed by atoms with E-state index in [1.165, 1.54) is 0 Å². The molecule has 1 heterocycles. The van der Waals surface area contributed by atoms with Gasteiger partial charge in [-0.05, 0) is 11.8 Å². The Morgan fingerprint density at radius 1 is 1.57 bits per heavy atom. The molecule has 0 aromatic heterocycles. The maximum Gasteiger partial charge on any atom is 0.238 e. The number of amides is 1. The van der Waals surface area contributed by atoms with Crippen LogP contribution in [-0.2, 0) is 4.79 Å². The van der Waals surface area contributed by atoms with Crippen molar-refractivity contribution in [2.24, 2.45) is 5.41 Å². The maximum atomic E-state index is 11.5. The molecular formula is C10H20N2O2. The summed E-state index contributed by atoms with van der Waals surface area (Å²) >= 11 is 0. The molecule has 0 radical (unpaired) electrons. The Morgan fingerprint density at radius 3 is 2.64 bits per heavy atom. The lowest BCUT2D eigenvalue weighted by molar-refractivity contribution is -0.129. The minimum atomic E-state index is 0.101. The third-order valence-corrected chi connectivity index (χ3v) is 2.58. The number of hydrazine groups is 1. The quantitative estimate of drug-likeness (QED) is 0.698. The lowest BCUT2D eigenvalue weighted by Crippen LogP contribution is -2.43. The molecule has 0 aromatic carbocycles. The van der Waals surface area contributed by atoms with Crippen LogP contribution in [0.4, 0.5) is 0 Å². The van der Waals surface area contributed by atoms with E-state index >= 15 is 0 Å².